The van der Waals surface area contributed by atoms with E-state index in [1.165, 1.54) is 5.56 Å². The lowest BCUT2D eigenvalue weighted by Crippen LogP contribution is -2.40. The van der Waals surface area contributed by atoms with Gasteiger partial charge in [0.05, 0.1) is 7.11 Å². The highest BCUT2D eigenvalue weighted by atomic mass is 16.5. The van der Waals surface area contributed by atoms with Gasteiger partial charge in [0.25, 0.3) is 0 Å². The second kappa shape index (κ2) is 8.69. The summed E-state index contributed by atoms with van der Waals surface area (Å²) in [5.41, 5.74) is 1.36. The molecule has 0 saturated carbocycles. The van der Waals surface area contributed by atoms with Gasteiger partial charge in [-0.25, -0.2) is 4.99 Å². The summed E-state index contributed by atoms with van der Waals surface area (Å²) in [5, 5.41) is 11.6. The molecule has 1 aliphatic heterocycles. The lowest BCUT2D eigenvalue weighted by molar-refractivity contribution is 0.414. The third-order valence-corrected chi connectivity index (χ3v) is 4.82. The number of aliphatic imine (C=N–C) groups is 1. The van der Waals surface area contributed by atoms with Crippen LogP contribution in [0.15, 0.2) is 35.6 Å². The van der Waals surface area contributed by atoms with Gasteiger partial charge in [-0.2, -0.15) is 0 Å². The molecule has 26 heavy (non-hydrogen) atoms. The minimum Gasteiger partial charge on any atom is -0.497 e. The van der Waals surface area contributed by atoms with E-state index in [0.29, 0.717) is 12.5 Å². The molecule has 1 fully saturated rings. The smallest absolute Gasteiger partial charge is 0.194 e. The first-order chi connectivity index (χ1) is 12.7. The average Bonchev–Trinajstić information content (AvgIpc) is 3.34. The number of hydrogen-bond donors (Lipinski definition) is 1. The number of benzene rings is 1. The predicted molar refractivity (Wildman–Crippen MR) is 102 cm³/mol. The summed E-state index contributed by atoms with van der Waals surface area (Å²) >= 11 is 0. The zero-order chi connectivity index (χ0) is 18.4. The molecule has 1 atom stereocenters. The van der Waals surface area contributed by atoms with E-state index in [4.69, 9.17) is 9.73 Å². The first kappa shape index (κ1) is 18.2. The average molecular weight is 356 g/mol. The van der Waals surface area contributed by atoms with Crippen LogP contribution in [0.3, 0.4) is 0 Å². The summed E-state index contributed by atoms with van der Waals surface area (Å²) in [7, 11) is 1.70. The van der Waals surface area contributed by atoms with Crippen LogP contribution in [0.25, 0.3) is 0 Å². The molecule has 7 heteroatoms. The van der Waals surface area contributed by atoms with Crippen LogP contribution in [0, 0.1) is 0 Å². The molecule has 0 aliphatic carbocycles. The second-order valence-corrected chi connectivity index (χ2v) is 6.41. The number of rotatable bonds is 6. The van der Waals surface area contributed by atoms with Gasteiger partial charge < -0.3 is 19.5 Å². The van der Waals surface area contributed by atoms with Gasteiger partial charge in [-0.1, -0.05) is 12.1 Å². The number of methoxy groups -OCH3 is 1. The van der Waals surface area contributed by atoms with Gasteiger partial charge in [0.15, 0.2) is 11.8 Å². The molecule has 1 unspecified atom stereocenters. The first-order valence-electron chi connectivity index (χ1n) is 9.29. The van der Waals surface area contributed by atoms with Crippen molar-refractivity contribution in [1.29, 1.82) is 0 Å². The zero-order valence-corrected chi connectivity index (χ0v) is 15.9. The van der Waals surface area contributed by atoms with Crippen LogP contribution in [0.2, 0.25) is 0 Å². The molecule has 1 saturated heterocycles. The predicted octanol–water partition coefficient (Wildman–Crippen LogP) is 2.26. The summed E-state index contributed by atoms with van der Waals surface area (Å²) in [6.45, 7) is 8.41. The highest BCUT2D eigenvalue weighted by molar-refractivity contribution is 5.80. The Labute approximate surface area is 155 Å². The Morgan fingerprint density at radius 3 is 2.81 bits per heavy atom. The largest absolute Gasteiger partial charge is 0.497 e. The van der Waals surface area contributed by atoms with Crippen molar-refractivity contribution in [3.63, 3.8) is 0 Å². The molecule has 0 radical (unpaired) electrons. The van der Waals surface area contributed by atoms with Crippen LogP contribution in [0.5, 0.6) is 5.75 Å². The number of aryl methyl sites for hydroxylation is 1. The molecule has 1 N–H and O–H groups in total. The minimum absolute atomic E-state index is 0.518. The molecule has 1 aliphatic rings. The fourth-order valence-corrected chi connectivity index (χ4v) is 3.34. The Bertz CT molecular complexity index is 724. The molecule has 1 aromatic heterocycles. The van der Waals surface area contributed by atoms with Crippen LogP contribution < -0.4 is 10.1 Å². The quantitative estimate of drug-likeness (QED) is 0.635. The highest BCUT2D eigenvalue weighted by Crippen LogP contribution is 2.28. The van der Waals surface area contributed by atoms with Crippen LogP contribution in [-0.4, -0.2) is 52.4 Å². The van der Waals surface area contributed by atoms with Gasteiger partial charge in [0, 0.05) is 32.1 Å². The van der Waals surface area contributed by atoms with Crippen molar-refractivity contribution in [2.75, 3.05) is 26.7 Å². The topological polar surface area (TPSA) is 67.6 Å². The number of guanidine groups is 1. The molecular formula is C19H28N6O. The fraction of sp³-hybridized carbons (Fsp3) is 0.526. The van der Waals surface area contributed by atoms with Crippen molar-refractivity contribution >= 4 is 5.96 Å². The third kappa shape index (κ3) is 4.15. The van der Waals surface area contributed by atoms with Gasteiger partial charge in [0.1, 0.15) is 18.6 Å². The number of hydrogen-bond acceptors (Lipinski definition) is 4. The van der Waals surface area contributed by atoms with E-state index in [1.807, 2.05) is 16.7 Å². The molecule has 7 nitrogen and oxygen atoms in total. The van der Waals surface area contributed by atoms with Crippen molar-refractivity contribution < 1.29 is 4.74 Å². The van der Waals surface area contributed by atoms with Gasteiger partial charge in [-0.15, -0.1) is 10.2 Å². The molecule has 3 rings (SSSR count). The molecule has 0 bridgehead atoms. The van der Waals surface area contributed by atoms with E-state index >= 15 is 0 Å². The van der Waals surface area contributed by atoms with Crippen LogP contribution in [0.1, 0.15) is 37.6 Å². The molecule has 1 aromatic carbocycles. The van der Waals surface area contributed by atoms with E-state index in [0.717, 1.165) is 50.1 Å². The van der Waals surface area contributed by atoms with E-state index in [2.05, 4.69) is 46.4 Å². The minimum atomic E-state index is 0.518. The molecular weight excluding hydrogens is 328 g/mol. The number of nitrogens with one attached hydrogen (secondary N) is 1. The van der Waals surface area contributed by atoms with Crippen molar-refractivity contribution in [2.45, 2.75) is 39.3 Å². The third-order valence-electron chi connectivity index (χ3n) is 4.82. The number of likely N-dealkylation sites (tertiary alicyclic amines) is 1. The van der Waals surface area contributed by atoms with Crippen LogP contribution in [-0.2, 0) is 13.1 Å². The standard InChI is InChI=1S/C19H28N6O/c1-4-20-19(21-12-18-23-22-14-24(18)5-2)25-11-10-16(13-25)15-6-8-17(26-3)9-7-15/h6-9,14,16H,4-5,10-13H2,1-3H3,(H,20,21). The van der Waals surface area contributed by atoms with Gasteiger partial charge >= 0.3 is 0 Å². The summed E-state index contributed by atoms with van der Waals surface area (Å²) in [5.74, 6) is 3.27. The van der Waals surface area contributed by atoms with Gasteiger partial charge in [-0.05, 0) is 38.0 Å². The first-order valence-corrected chi connectivity index (χ1v) is 9.29. The number of aromatic nitrogens is 3. The monoisotopic (exact) mass is 356 g/mol. The normalized spacial score (nSPS) is 17.6. The van der Waals surface area contributed by atoms with Crippen molar-refractivity contribution in [3.05, 3.63) is 42.0 Å². The molecule has 0 amide bonds. The van der Waals surface area contributed by atoms with E-state index < -0.39 is 0 Å². The van der Waals surface area contributed by atoms with Crippen molar-refractivity contribution in [2.24, 2.45) is 4.99 Å². The van der Waals surface area contributed by atoms with Gasteiger partial charge in [0.2, 0.25) is 0 Å². The zero-order valence-electron chi connectivity index (χ0n) is 15.9. The molecule has 0 spiro atoms. The Morgan fingerprint density at radius 2 is 2.12 bits per heavy atom. The summed E-state index contributed by atoms with van der Waals surface area (Å²) in [4.78, 5) is 7.13. The summed E-state index contributed by atoms with van der Waals surface area (Å²) in [6, 6.07) is 8.41. The maximum Gasteiger partial charge on any atom is 0.194 e. The van der Waals surface area contributed by atoms with Gasteiger partial charge in [-0.3, -0.25) is 0 Å². The Morgan fingerprint density at radius 1 is 1.31 bits per heavy atom. The summed E-state index contributed by atoms with van der Waals surface area (Å²) in [6.07, 6.45) is 2.88. The lowest BCUT2D eigenvalue weighted by atomic mass is 9.98. The molecule has 2 heterocycles. The van der Waals surface area contributed by atoms with E-state index in [1.54, 1.807) is 13.4 Å². The maximum atomic E-state index is 5.26. The maximum absolute atomic E-state index is 5.26. The molecule has 2 aromatic rings. The van der Waals surface area contributed by atoms with Crippen molar-refractivity contribution in [3.8, 4) is 5.75 Å². The molecule has 140 valence electrons. The van der Waals surface area contributed by atoms with Crippen LogP contribution in [0.4, 0.5) is 0 Å². The Kier molecular flexibility index (Phi) is 6.09. The SMILES string of the molecule is CCNC(=NCc1nncn1CC)N1CCC(c2ccc(OC)cc2)C1. The number of ether oxygens (including phenoxy) is 1. The second-order valence-electron chi connectivity index (χ2n) is 6.41. The van der Waals surface area contributed by atoms with Crippen molar-refractivity contribution in [1.82, 2.24) is 25.0 Å². The lowest BCUT2D eigenvalue weighted by Gasteiger charge is -2.21. The van der Waals surface area contributed by atoms with E-state index in [9.17, 15) is 0 Å². The Hall–Kier alpha value is -2.57. The van der Waals surface area contributed by atoms with E-state index in [-0.39, 0.29) is 0 Å². The number of nitrogens with zero attached hydrogens (tertiary/aromatic N) is 5. The highest BCUT2D eigenvalue weighted by Gasteiger charge is 2.26. The summed E-state index contributed by atoms with van der Waals surface area (Å²) < 4.78 is 7.28. The van der Waals surface area contributed by atoms with Crippen LogP contribution >= 0.6 is 0 Å². The fourth-order valence-electron chi connectivity index (χ4n) is 3.34. The Balaban J connectivity index is 1.67.